The van der Waals surface area contributed by atoms with Gasteiger partial charge >= 0.3 is 0 Å². The van der Waals surface area contributed by atoms with E-state index in [1.165, 1.54) is 42.5 Å². The van der Waals surface area contributed by atoms with E-state index in [-0.39, 0.29) is 0 Å². The van der Waals surface area contributed by atoms with Crippen molar-refractivity contribution in [3.05, 3.63) is 71.9 Å². The summed E-state index contributed by atoms with van der Waals surface area (Å²) in [6, 6.07) is 21.6. The van der Waals surface area contributed by atoms with Crippen molar-refractivity contribution in [1.82, 2.24) is 15.1 Å². The van der Waals surface area contributed by atoms with Gasteiger partial charge in [-0.15, -0.1) is 0 Å². The first kappa shape index (κ1) is 16.1. The molecule has 0 amide bonds. The normalized spacial score (nSPS) is 14.9. The van der Waals surface area contributed by atoms with Gasteiger partial charge in [-0.3, -0.25) is 0 Å². The molecule has 1 aliphatic rings. The molecular formula is C22H25N3. The largest absolute Gasteiger partial charge is 0.308 e. The topological polar surface area (TPSA) is 29.9 Å². The van der Waals surface area contributed by atoms with Crippen LogP contribution in [0.1, 0.15) is 36.9 Å². The summed E-state index contributed by atoms with van der Waals surface area (Å²) < 4.78 is 2.09. The molecule has 0 atom stereocenters. The molecule has 1 N–H and O–H groups in total. The number of aromatic nitrogens is 2. The molecule has 0 saturated heterocycles. The quantitative estimate of drug-likeness (QED) is 0.722. The molecule has 1 heterocycles. The predicted molar refractivity (Wildman–Crippen MR) is 103 cm³/mol. The standard InChI is InChI=1S/C22H25N3/c1-17-21(16-23-19-12-8-9-13-19)24-25(20-14-6-3-7-15-20)22(17)18-10-4-2-5-11-18/h2-7,10-11,14-15,19,23H,8-9,12-13,16H2,1H3. The maximum Gasteiger partial charge on any atom is 0.0802 e. The van der Waals surface area contributed by atoms with E-state index in [1.54, 1.807) is 0 Å². The zero-order valence-electron chi connectivity index (χ0n) is 14.8. The van der Waals surface area contributed by atoms with Crippen LogP contribution in [0.4, 0.5) is 0 Å². The van der Waals surface area contributed by atoms with Crippen LogP contribution < -0.4 is 5.32 Å². The monoisotopic (exact) mass is 331 g/mol. The zero-order chi connectivity index (χ0) is 17.1. The minimum Gasteiger partial charge on any atom is -0.308 e. The summed E-state index contributed by atoms with van der Waals surface area (Å²) in [7, 11) is 0. The molecule has 0 bridgehead atoms. The Kier molecular flexibility index (Phi) is 4.66. The lowest BCUT2D eigenvalue weighted by atomic mass is 10.1. The highest BCUT2D eigenvalue weighted by molar-refractivity contribution is 5.66. The molecule has 3 nitrogen and oxygen atoms in total. The highest BCUT2D eigenvalue weighted by Crippen LogP contribution is 2.29. The number of hydrogen-bond acceptors (Lipinski definition) is 2. The van der Waals surface area contributed by atoms with Gasteiger partial charge in [-0.1, -0.05) is 61.4 Å². The van der Waals surface area contributed by atoms with Gasteiger partial charge in [0.2, 0.25) is 0 Å². The van der Waals surface area contributed by atoms with E-state index in [4.69, 9.17) is 5.10 Å². The van der Waals surface area contributed by atoms with Crippen LogP contribution in [-0.4, -0.2) is 15.8 Å². The second kappa shape index (κ2) is 7.24. The van der Waals surface area contributed by atoms with Crippen LogP contribution in [0.2, 0.25) is 0 Å². The molecule has 0 unspecified atom stereocenters. The molecule has 0 radical (unpaired) electrons. The Labute approximate surface area is 149 Å². The van der Waals surface area contributed by atoms with Crippen molar-refractivity contribution >= 4 is 0 Å². The van der Waals surface area contributed by atoms with Crippen LogP contribution >= 0.6 is 0 Å². The maximum absolute atomic E-state index is 4.97. The van der Waals surface area contributed by atoms with Gasteiger partial charge in [0.05, 0.1) is 17.1 Å². The van der Waals surface area contributed by atoms with Gasteiger partial charge in [0, 0.05) is 18.2 Å². The fourth-order valence-corrected chi connectivity index (χ4v) is 3.77. The van der Waals surface area contributed by atoms with E-state index in [2.05, 4.69) is 71.5 Å². The summed E-state index contributed by atoms with van der Waals surface area (Å²) in [5, 5.41) is 8.68. The molecule has 0 spiro atoms. The minimum atomic E-state index is 0.654. The van der Waals surface area contributed by atoms with Crippen molar-refractivity contribution < 1.29 is 0 Å². The first-order valence-electron chi connectivity index (χ1n) is 9.25. The number of nitrogens with zero attached hydrogens (tertiary/aromatic N) is 2. The van der Waals surface area contributed by atoms with Gasteiger partial charge < -0.3 is 5.32 Å². The van der Waals surface area contributed by atoms with E-state index in [0.717, 1.165) is 17.9 Å². The van der Waals surface area contributed by atoms with E-state index in [0.29, 0.717) is 6.04 Å². The Morgan fingerprint density at radius 2 is 1.60 bits per heavy atom. The van der Waals surface area contributed by atoms with Gasteiger partial charge in [-0.2, -0.15) is 5.10 Å². The van der Waals surface area contributed by atoms with Crippen LogP contribution in [0, 0.1) is 6.92 Å². The van der Waals surface area contributed by atoms with Crippen LogP contribution in [-0.2, 0) is 6.54 Å². The number of nitrogens with one attached hydrogen (secondary N) is 1. The van der Waals surface area contributed by atoms with Gasteiger partial charge in [-0.05, 0) is 37.5 Å². The third-order valence-electron chi connectivity index (χ3n) is 5.18. The second-order valence-corrected chi connectivity index (χ2v) is 6.90. The Hall–Kier alpha value is -2.39. The van der Waals surface area contributed by atoms with Crippen molar-refractivity contribution in [2.45, 2.75) is 45.2 Å². The van der Waals surface area contributed by atoms with Crippen LogP contribution in [0.3, 0.4) is 0 Å². The van der Waals surface area contributed by atoms with E-state index < -0.39 is 0 Å². The summed E-state index contributed by atoms with van der Waals surface area (Å²) >= 11 is 0. The predicted octanol–water partition coefficient (Wildman–Crippen LogP) is 4.88. The molecule has 3 heteroatoms. The summed E-state index contributed by atoms with van der Waals surface area (Å²) in [6.07, 6.45) is 5.29. The highest BCUT2D eigenvalue weighted by atomic mass is 15.3. The second-order valence-electron chi connectivity index (χ2n) is 6.90. The van der Waals surface area contributed by atoms with Gasteiger partial charge in [0.1, 0.15) is 0 Å². The molecule has 3 aromatic rings. The van der Waals surface area contributed by atoms with Crippen LogP contribution in [0.5, 0.6) is 0 Å². The van der Waals surface area contributed by atoms with Crippen molar-refractivity contribution in [1.29, 1.82) is 0 Å². The summed E-state index contributed by atoms with van der Waals surface area (Å²) in [5.41, 5.74) is 5.92. The Balaban J connectivity index is 1.72. The van der Waals surface area contributed by atoms with Crippen LogP contribution in [0.25, 0.3) is 16.9 Å². The maximum atomic E-state index is 4.97. The summed E-state index contributed by atoms with van der Waals surface area (Å²) in [6.45, 7) is 3.04. The molecule has 0 aliphatic heterocycles. The average molecular weight is 331 g/mol. The molecule has 4 rings (SSSR count). The van der Waals surface area contributed by atoms with Crippen molar-refractivity contribution in [2.24, 2.45) is 0 Å². The molecule has 25 heavy (non-hydrogen) atoms. The molecule has 1 aliphatic carbocycles. The van der Waals surface area contributed by atoms with Gasteiger partial charge in [0.25, 0.3) is 0 Å². The van der Waals surface area contributed by atoms with Gasteiger partial charge in [0.15, 0.2) is 0 Å². The van der Waals surface area contributed by atoms with Crippen molar-refractivity contribution in [3.8, 4) is 16.9 Å². The van der Waals surface area contributed by atoms with E-state index >= 15 is 0 Å². The number of hydrogen-bond donors (Lipinski definition) is 1. The van der Waals surface area contributed by atoms with Crippen molar-refractivity contribution in [2.75, 3.05) is 0 Å². The lowest BCUT2D eigenvalue weighted by Crippen LogP contribution is -2.25. The minimum absolute atomic E-state index is 0.654. The molecule has 1 aromatic heterocycles. The fourth-order valence-electron chi connectivity index (χ4n) is 3.77. The molecule has 128 valence electrons. The van der Waals surface area contributed by atoms with Gasteiger partial charge in [-0.25, -0.2) is 4.68 Å². The SMILES string of the molecule is Cc1c(CNC2CCCC2)nn(-c2ccccc2)c1-c1ccccc1. The average Bonchev–Trinajstić information content (AvgIpc) is 3.29. The third kappa shape index (κ3) is 3.38. The molecule has 2 aromatic carbocycles. The Morgan fingerprint density at radius 3 is 2.28 bits per heavy atom. The fraction of sp³-hybridized carbons (Fsp3) is 0.318. The van der Waals surface area contributed by atoms with Crippen LogP contribution in [0.15, 0.2) is 60.7 Å². The lowest BCUT2D eigenvalue weighted by molar-refractivity contribution is 0.517. The molecule has 1 fully saturated rings. The summed E-state index contributed by atoms with van der Waals surface area (Å²) in [4.78, 5) is 0. The smallest absolute Gasteiger partial charge is 0.0802 e. The number of para-hydroxylation sites is 1. The molecule has 1 saturated carbocycles. The van der Waals surface area contributed by atoms with E-state index in [9.17, 15) is 0 Å². The lowest BCUT2D eigenvalue weighted by Gasteiger charge is -2.10. The number of rotatable bonds is 5. The molecular weight excluding hydrogens is 306 g/mol. The Morgan fingerprint density at radius 1 is 0.960 bits per heavy atom. The first-order valence-corrected chi connectivity index (χ1v) is 9.25. The Bertz CT molecular complexity index is 815. The number of benzene rings is 2. The van der Waals surface area contributed by atoms with Crippen molar-refractivity contribution in [3.63, 3.8) is 0 Å². The highest BCUT2D eigenvalue weighted by Gasteiger charge is 2.19. The summed E-state index contributed by atoms with van der Waals surface area (Å²) in [5.74, 6) is 0. The first-order chi connectivity index (χ1) is 12.3. The van der Waals surface area contributed by atoms with E-state index in [1.807, 2.05) is 6.07 Å². The third-order valence-corrected chi connectivity index (χ3v) is 5.18. The zero-order valence-corrected chi connectivity index (χ0v) is 14.8.